The Labute approximate surface area is 169 Å². The summed E-state index contributed by atoms with van der Waals surface area (Å²) < 4.78 is 32.5. The number of piperazine rings is 1. The van der Waals surface area contributed by atoms with Crippen molar-refractivity contribution in [2.75, 3.05) is 32.8 Å². The van der Waals surface area contributed by atoms with Crippen molar-refractivity contribution in [3.8, 4) is 0 Å². The van der Waals surface area contributed by atoms with E-state index in [1.165, 1.54) is 22.5 Å². The number of halogens is 2. The predicted octanol–water partition coefficient (Wildman–Crippen LogP) is 2.58. The molecule has 2 aliphatic heterocycles. The summed E-state index contributed by atoms with van der Waals surface area (Å²) in [6.45, 7) is 3.76. The lowest BCUT2D eigenvalue weighted by Crippen LogP contribution is -2.55. The first-order valence-corrected chi connectivity index (χ1v) is 11.1. The van der Waals surface area contributed by atoms with Crippen molar-refractivity contribution in [1.82, 2.24) is 14.5 Å². The van der Waals surface area contributed by atoms with E-state index in [1.54, 1.807) is 4.90 Å². The van der Waals surface area contributed by atoms with Gasteiger partial charge in [-0.3, -0.25) is 0 Å². The van der Waals surface area contributed by atoms with Crippen molar-refractivity contribution in [3.05, 3.63) is 28.2 Å². The monoisotopic (exact) mass is 435 g/mol. The zero-order valence-corrected chi connectivity index (χ0v) is 17.4. The molecule has 0 aliphatic carbocycles. The highest BCUT2D eigenvalue weighted by Crippen LogP contribution is 2.27. The van der Waals surface area contributed by atoms with Gasteiger partial charge in [0.15, 0.2) is 0 Å². The highest BCUT2D eigenvalue weighted by Gasteiger charge is 2.32. The maximum Gasteiger partial charge on any atom is 0.317 e. The minimum Gasteiger partial charge on any atom is -0.376 e. The Hall–Kier alpha value is -1.06. The number of carbonyl (C=O) groups is 1. The van der Waals surface area contributed by atoms with Crippen LogP contribution in [-0.2, 0) is 14.8 Å². The standard InChI is InChI=1S/C17H23Cl2N3O4S/c1-12(16-3-2-10-26-16)20-17(23)21-6-8-22(9-7-21)27(24,25)13-4-5-14(18)15(19)11-13/h4-5,11-12,16H,2-3,6-10H2,1H3,(H,20,23)/t12-,16+/m0/s1. The molecule has 0 spiro atoms. The summed E-state index contributed by atoms with van der Waals surface area (Å²) in [7, 11) is -3.67. The maximum atomic E-state index is 12.8. The van der Waals surface area contributed by atoms with E-state index in [9.17, 15) is 13.2 Å². The minimum atomic E-state index is -3.67. The molecule has 1 aromatic rings. The highest BCUT2D eigenvalue weighted by atomic mass is 35.5. The number of ether oxygens (including phenoxy) is 1. The van der Waals surface area contributed by atoms with Crippen LogP contribution in [0.2, 0.25) is 10.0 Å². The quantitative estimate of drug-likeness (QED) is 0.787. The van der Waals surface area contributed by atoms with Crippen LogP contribution in [0.3, 0.4) is 0 Å². The second-order valence-corrected chi connectivity index (χ2v) is 9.51. The molecule has 3 rings (SSSR count). The second-order valence-electron chi connectivity index (χ2n) is 6.76. The average Bonchev–Trinajstić information content (AvgIpc) is 3.19. The van der Waals surface area contributed by atoms with Crippen LogP contribution < -0.4 is 5.32 Å². The Balaban J connectivity index is 1.57. The van der Waals surface area contributed by atoms with Gasteiger partial charge in [-0.15, -0.1) is 0 Å². The van der Waals surface area contributed by atoms with Crippen LogP contribution in [-0.4, -0.2) is 68.6 Å². The molecule has 1 aromatic carbocycles. The van der Waals surface area contributed by atoms with Gasteiger partial charge in [-0.05, 0) is 38.0 Å². The van der Waals surface area contributed by atoms with Crippen molar-refractivity contribution in [2.24, 2.45) is 0 Å². The van der Waals surface area contributed by atoms with Gasteiger partial charge < -0.3 is 15.0 Å². The zero-order chi connectivity index (χ0) is 19.6. The minimum absolute atomic E-state index is 0.0465. The van der Waals surface area contributed by atoms with Crippen molar-refractivity contribution < 1.29 is 17.9 Å². The first-order valence-electron chi connectivity index (χ1n) is 8.91. The number of rotatable bonds is 4. The number of hydrogen-bond donors (Lipinski definition) is 1. The van der Waals surface area contributed by atoms with E-state index in [2.05, 4.69) is 5.32 Å². The van der Waals surface area contributed by atoms with Gasteiger partial charge in [0.25, 0.3) is 0 Å². The van der Waals surface area contributed by atoms with Crippen LogP contribution in [0, 0.1) is 0 Å². The molecule has 0 bridgehead atoms. The van der Waals surface area contributed by atoms with Crippen molar-refractivity contribution >= 4 is 39.3 Å². The van der Waals surface area contributed by atoms with Gasteiger partial charge in [-0.25, -0.2) is 13.2 Å². The van der Waals surface area contributed by atoms with Crippen LogP contribution in [0.4, 0.5) is 4.79 Å². The van der Waals surface area contributed by atoms with E-state index < -0.39 is 10.0 Å². The third kappa shape index (κ3) is 4.68. The van der Waals surface area contributed by atoms with E-state index in [0.717, 1.165) is 19.4 Å². The fourth-order valence-electron chi connectivity index (χ4n) is 3.29. The number of carbonyl (C=O) groups excluding carboxylic acids is 1. The molecule has 2 aliphatic rings. The van der Waals surface area contributed by atoms with Crippen LogP contribution in [0.15, 0.2) is 23.1 Å². The Morgan fingerprint density at radius 2 is 1.93 bits per heavy atom. The van der Waals surface area contributed by atoms with E-state index in [0.29, 0.717) is 18.1 Å². The van der Waals surface area contributed by atoms with E-state index >= 15 is 0 Å². The number of amides is 2. The average molecular weight is 436 g/mol. The molecule has 150 valence electrons. The van der Waals surface area contributed by atoms with E-state index in [-0.39, 0.29) is 41.2 Å². The Morgan fingerprint density at radius 1 is 1.22 bits per heavy atom. The number of benzene rings is 1. The molecule has 2 fully saturated rings. The number of nitrogens with one attached hydrogen (secondary N) is 1. The number of urea groups is 1. The molecule has 2 saturated heterocycles. The van der Waals surface area contributed by atoms with E-state index in [4.69, 9.17) is 27.9 Å². The number of sulfonamides is 1. The molecule has 27 heavy (non-hydrogen) atoms. The molecule has 10 heteroatoms. The summed E-state index contributed by atoms with van der Waals surface area (Å²) in [5.41, 5.74) is 0. The lowest BCUT2D eigenvalue weighted by molar-refractivity contribution is 0.0821. The van der Waals surface area contributed by atoms with Gasteiger partial charge >= 0.3 is 6.03 Å². The van der Waals surface area contributed by atoms with Gasteiger partial charge in [-0.2, -0.15) is 4.31 Å². The molecule has 0 saturated carbocycles. The van der Waals surface area contributed by atoms with Gasteiger partial charge in [0.1, 0.15) is 0 Å². The molecule has 2 heterocycles. The zero-order valence-electron chi connectivity index (χ0n) is 15.0. The Morgan fingerprint density at radius 3 is 2.52 bits per heavy atom. The number of hydrogen-bond acceptors (Lipinski definition) is 4. The molecule has 1 N–H and O–H groups in total. The highest BCUT2D eigenvalue weighted by molar-refractivity contribution is 7.89. The second kappa shape index (κ2) is 8.53. The van der Waals surface area contributed by atoms with Crippen molar-refractivity contribution in [1.29, 1.82) is 0 Å². The first-order chi connectivity index (χ1) is 12.8. The summed E-state index contributed by atoms with van der Waals surface area (Å²) in [4.78, 5) is 14.2. The van der Waals surface area contributed by atoms with Crippen LogP contribution in [0.5, 0.6) is 0 Å². The van der Waals surface area contributed by atoms with Gasteiger partial charge in [0, 0.05) is 32.8 Å². The van der Waals surface area contributed by atoms with Gasteiger partial charge in [-0.1, -0.05) is 23.2 Å². The van der Waals surface area contributed by atoms with E-state index in [1.807, 2.05) is 6.92 Å². The number of nitrogens with zero attached hydrogens (tertiary/aromatic N) is 2. The van der Waals surface area contributed by atoms with Crippen LogP contribution in [0.25, 0.3) is 0 Å². The van der Waals surface area contributed by atoms with Crippen LogP contribution >= 0.6 is 23.2 Å². The van der Waals surface area contributed by atoms with Crippen LogP contribution in [0.1, 0.15) is 19.8 Å². The van der Waals surface area contributed by atoms with Gasteiger partial charge in [0.2, 0.25) is 10.0 Å². The Kier molecular flexibility index (Phi) is 6.53. The summed E-state index contributed by atoms with van der Waals surface area (Å²) >= 11 is 11.8. The maximum absolute atomic E-state index is 12.8. The molecule has 7 nitrogen and oxygen atoms in total. The molecular formula is C17H23Cl2N3O4S. The topological polar surface area (TPSA) is 79.0 Å². The molecule has 2 atom stereocenters. The molecule has 0 radical (unpaired) electrons. The molecule has 0 aromatic heterocycles. The third-order valence-corrected chi connectivity index (χ3v) is 7.56. The fraction of sp³-hybridized carbons (Fsp3) is 0.588. The summed E-state index contributed by atoms with van der Waals surface area (Å²) in [6, 6.07) is 3.99. The van der Waals surface area contributed by atoms with Gasteiger partial charge in [0.05, 0.1) is 27.1 Å². The SMILES string of the molecule is C[C@H](NC(=O)N1CCN(S(=O)(=O)c2ccc(Cl)c(Cl)c2)CC1)[C@H]1CCCO1. The molecule has 0 unspecified atom stereocenters. The first kappa shape index (κ1) is 20.7. The molecular weight excluding hydrogens is 413 g/mol. The lowest BCUT2D eigenvalue weighted by Gasteiger charge is -2.35. The largest absolute Gasteiger partial charge is 0.376 e. The lowest BCUT2D eigenvalue weighted by atomic mass is 10.1. The fourth-order valence-corrected chi connectivity index (χ4v) is 5.11. The smallest absolute Gasteiger partial charge is 0.317 e. The summed E-state index contributed by atoms with van der Waals surface area (Å²) in [6.07, 6.45) is 2.00. The predicted molar refractivity (Wildman–Crippen MR) is 104 cm³/mol. The summed E-state index contributed by atoms with van der Waals surface area (Å²) in [5, 5.41) is 3.45. The summed E-state index contributed by atoms with van der Waals surface area (Å²) in [5.74, 6) is 0. The Bertz CT molecular complexity index is 791. The molecule has 2 amide bonds. The van der Waals surface area contributed by atoms with Crippen molar-refractivity contribution in [3.63, 3.8) is 0 Å². The third-order valence-electron chi connectivity index (χ3n) is 4.93. The van der Waals surface area contributed by atoms with Crippen molar-refractivity contribution in [2.45, 2.75) is 36.8 Å². The normalized spacial score (nSPS) is 22.6.